The first-order valence-electron chi connectivity index (χ1n) is 9.45. The minimum absolute atomic E-state index is 0. The van der Waals surface area contributed by atoms with Crippen LogP contribution in [0.3, 0.4) is 0 Å². The van der Waals surface area contributed by atoms with Crippen LogP contribution in [-0.2, 0) is 16.5 Å². The Balaban J connectivity index is 0.00000729. The van der Waals surface area contributed by atoms with Crippen molar-refractivity contribution in [2.75, 3.05) is 5.75 Å². The third kappa shape index (κ3) is 15.2. The van der Waals surface area contributed by atoms with Crippen molar-refractivity contribution in [2.24, 2.45) is 0 Å². The van der Waals surface area contributed by atoms with Crippen molar-refractivity contribution < 1.29 is 26.1 Å². The molecule has 0 heterocycles. The molecule has 0 fully saturated rings. The molecule has 0 spiro atoms. The Morgan fingerprint density at radius 1 is 0.786 bits per heavy atom. The van der Waals surface area contributed by atoms with E-state index in [1.54, 1.807) is 12.1 Å². The van der Waals surface area contributed by atoms with Gasteiger partial charge in [-0.25, -0.2) is 0 Å². The second-order valence-corrected chi connectivity index (χ2v) is 9.28. The van der Waals surface area contributed by atoms with Crippen LogP contribution >= 0.6 is 11.8 Å². The van der Waals surface area contributed by atoms with Gasteiger partial charge in [0.05, 0.1) is 4.90 Å². The topological polar surface area (TPSA) is 54.4 Å². The van der Waals surface area contributed by atoms with Gasteiger partial charge in [-0.05, 0) is 37.0 Å². The van der Waals surface area contributed by atoms with Gasteiger partial charge in [-0.1, -0.05) is 75.3 Å². The fourth-order valence-electron chi connectivity index (χ4n) is 2.86. The van der Waals surface area contributed by atoms with E-state index >= 15 is 0 Å². The summed E-state index contributed by atoms with van der Waals surface area (Å²) >= 11 is 0.0752. The minimum atomic E-state index is -4.12. The summed E-state index contributed by atoms with van der Waals surface area (Å²) in [6, 6.07) is 6.31. The summed E-state index contributed by atoms with van der Waals surface area (Å²) in [5.41, 5.74) is -3.03. The molecule has 0 amide bonds. The molecule has 28 heavy (non-hydrogen) atoms. The summed E-state index contributed by atoms with van der Waals surface area (Å²) in [5.74, 6) is 0.169. The van der Waals surface area contributed by atoms with Crippen LogP contribution in [0.15, 0.2) is 29.2 Å². The Labute approximate surface area is 193 Å². The third-order valence-electron chi connectivity index (χ3n) is 4.35. The van der Waals surface area contributed by atoms with Gasteiger partial charge in [-0.3, -0.25) is 4.55 Å². The molecule has 1 rings (SSSR count). The summed E-state index contributed by atoms with van der Waals surface area (Å²) in [4.78, 5) is -0.0784. The first kappa shape index (κ1) is 28.3. The number of thioether (sulfide) groups is 1. The molecule has 0 unspecified atom stereocenters. The number of hydrogen-bond acceptors (Lipinski definition) is 3. The van der Waals surface area contributed by atoms with E-state index in [-0.39, 0.29) is 52.0 Å². The average molecular weight is 451 g/mol. The first-order valence-corrected chi connectivity index (χ1v) is 11.9. The molecule has 0 aliphatic carbocycles. The molecule has 1 aromatic carbocycles. The van der Waals surface area contributed by atoms with Crippen molar-refractivity contribution in [3.05, 3.63) is 29.8 Å². The van der Waals surface area contributed by atoms with Crippen LogP contribution in [0.1, 0.15) is 69.8 Å². The zero-order valence-electron chi connectivity index (χ0n) is 15.5. The molecule has 0 aliphatic rings. The SMILES string of the molecule is O=S(=O)(O)c1ccc(CCCCCCCCCCCCSC(F)(F)F)cc1.[NaH]. The molecule has 158 valence electrons. The van der Waals surface area contributed by atoms with Crippen molar-refractivity contribution >= 4 is 51.4 Å². The number of unbranched alkanes of at least 4 members (excludes halogenated alkanes) is 9. The van der Waals surface area contributed by atoms with Gasteiger partial charge in [-0.15, -0.1) is 0 Å². The van der Waals surface area contributed by atoms with Gasteiger partial charge in [0, 0.05) is 5.75 Å². The number of aryl methyl sites for hydroxylation is 1. The molecule has 0 aliphatic heterocycles. The van der Waals surface area contributed by atoms with Crippen molar-refractivity contribution in [2.45, 2.75) is 81.0 Å². The van der Waals surface area contributed by atoms with E-state index in [9.17, 15) is 21.6 Å². The Bertz CT molecular complexity index is 620. The second-order valence-electron chi connectivity index (χ2n) is 6.70. The number of rotatable bonds is 14. The third-order valence-corrected chi connectivity index (χ3v) is 6.03. The molecule has 3 nitrogen and oxygen atoms in total. The van der Waals surface area contributed by atoms with Gasteiger partial charge in [-0.2, -0.15) is 21.6 Å². The van der Waals surface area contributed by atoms with Crippen molar-refractivity contribution in [3.63, 3.8) is 0 Å². The normalized spacial score (nSPS) is 12.0. The fraction of sp³-hybridized carbons (Fsp3) is 0.684. The summed E-state index contributed by atoms with van der Waals surface area (Å²) in [6.07, 6.45) is 11.3. The molecule has 1 aromatic rings. The molecule has 0 saturated heterocycles. The van der Waals surface area contributed by atoms with E-state index < -0.39 is 15.6 Å². The Hall–Kier alpha value is 0.270. The zero-order chi connectivity index (χ0) is 20.2. The van der Waals surface area contributed by atoms with Gasteiger partial charge in [0.15, 0.2) is 0 Å². The average Bonchev–Trinajstić information content (AvgIpc) is 2.57. The maximum atomic E-state index is 11.9. The molecule has 0 saturated carbocycles. The van der Waals surface area contributed by atoms with Crippen LogP contribution in [0, 0.1) is 0 Å². The van der Waals surface area contributed by atoms with Crippen LogP contribution in [0.4, 0.5) is 13.2 Å². The molecule has 0 atom stereocenters. The molecule has 0 bridgehead atoms. The zero-order valence-corrected chi connectivity index (χ0v) is 17.1. The van der Waals surface area contributed by atoms with Gasteiger partial charge >= 0.3 is 35.1 Å². The van der Waals surface area contributed by atoms with Gasteiger partial charge in [0.25, 0.3) is 10.1 Å². The van der Waals surface area contributed by atoms with Crippen LogP contribution in [0.25, 0.3) is 0 Å². The van der Waals surface area contributed by atoms with Crippen LogP contribution in [0.5, 0.6) is 0 Å². The summed E-state index contributed by atoms with van der Waals surface area (Å²) in [6.45, 7) is 0. The van der Waals surface area contributed by atoms with Crippen LogP contribution < -0.4 is 0 Å². The number of hydrogen-bond donors (Lipinski definition) is 1. The standard InChI is InChI=1S/C19H29F3O3S2.Na.H/c20-19(21,22)26-16-10-8-6-4-2-1-3-5-7-9-11-17-12-14-18(15-13-17)27(23,24)25;;/h12-15H,1-11,16H2,(H,23,24,25);;. The van der Waals surface area contributed by atoms with Gasteiger partial charge in [0.1, 0.15) is 0 Å². The van der Waals surface area contributed by atoms with Gasteiger partial charge < -0.3 is 0 Å². The molecule has 0 aromatic heterocycles. The molecule has 1 N–H and O–H groups in total. The Morgan fingerprint density at radius 2 is 1.21 bits per heavy atom. The molecule has 0 radical (unpaired) electrons. The Kier molecular flexibility index (Phi) is 15.3. The number of halogens is 3. The number of benzene rings is 1. The van der Waals surface area contributed by atoms with E-state index in [2.05, 4.69) is 0 Å². The van der Waals surface area contributed by atoms with E-state index in [4.69, 9.17) is 4.55 Å². The predicted molar refractivity (Wildman–Crippen MR) is 112 cm³/mol. The van der Waals surface area contributed by atoms with Crippen LogP contribution in [-0.4, -0.2) is 53.8 Å². The fourth-order valence-corrected chi connectivity index (χ4v) is 3.92. The van der Waals surface area contributed by atoms with E-state index in [0.29, 0.717) is 6.42 Å². The summed E-state index contributed by atoms with van der Waals surface area (Å²) in [5, 5.41) is 0. The predicted octanol–water partition coefficient (Wildman–Crippen LogP) is 5.98. The first-order chi connectivity index (χ1) is 12.7. The van der Waals surface area contributed by atoms with Crippen molar-refractivity contribution in [3.8, 4) is 0 Å². The van der Waals surface area contributed by atoms with E-state index in [1.165, 1.54) is 25.0 Å². The molecular formula is C19H30F3NaO3S2. The van der Waals surface area contributed by atoms with E-state index in [0.717, 1.165) is 56.9 Å². The second kappa shape index (κ2) is 15.1. The summed E-state index contributed by atoms with van der Waals surface area (Å²) in [7, 11) is -4.12. The maximum absolute atomic E-state index is 11.9. The molecular weight excluding hydrogens is 420 g/mol. The quantitative estimate of drug-likeness (QED) is 0.215. The molecule has 9 heteroatoms. The van der Waals surface area contributed by atoms with E-state index in [1.807, 2.05) is 0 Å². The van der Waals surface area contributed by atoms with Gasteiger partial charge in [0.2, 0.25) is 0 Å². The number of alkyl halides is 3. The van der Waals surface area contributed by atoms with Crippen molar-refractivity contribution in [1.29, 1.82) is 0 Å². The Morgan fingerprint density at radius 3 is 1.64 bits per heavy atom. The summed E-state index contributed by atoms with van der Waals surface area (Å²) < 4.78 is 66.7. The van der Waals surface area contributed by atoms with Crippen molar-refractivity contribution in [1.82, 2.24) is 0 Å². The monoisotopic (exact) mass is 450 g/mol. The van der Waals surface area contributed by atoms with Crippen LogP contribution in [0.2, 0.25) is 0 Å².